The summed E-state index contributed by atoms with van der Waals surface area (Å²) in [4.78, 5) is 14.4. The Morgan fingerprint density at radius 1 is 1.69 bits per heavy atom. The Morgan fingerprint density at radius 3 is 2.92 bits per heavy atom. The molecule has 0 aliphatic rings. The van der Waals surface area contributed by atoms with Gasteiger partial charge in [0, 0.05) is 18.3 Å². The highest BCUT2D eigenvalue weighted by molar-refractivity contribution is 5.73. The van der Waals surface area contributed by atoms with E-state index in [1.165, 1.54) is 0 Å². The second kappa shape index (κ2) is 4.21. The van der Waals surface area contributed by atoms with Gasteiger partial charge >= 0.3 is 5.97 Å². The Bertz CT molecular complexity index is 329. The second-order valence-electron chi connectivity index (χ2n) is 2.55. The molecule has 1 heterocycles. The second-order valence-corrected chi connectivity index (χ2v) is 2.55. The maximum atomic E-state index is 10.5. The van der Waals surface area contributed by atoms with Gasteiger partial charge in [-0.1, -0.05) is 6.07 Å². The lowest BCUT2D eigenvalue weighted by molar-refractivity contribution is -0.139. The zero-order chi connectivity index (χ0) is 9.68. The topological polar surface area (TPSA) is 74.0 Å². The number of carboxylic acid groups (broad SMARTS) is 1. The molecule has 0 radical (unpaired) electrons. The van der Waals surface area contributed by atoms with Crippen LogP contribution in [0.15, 0.2) is 24.4 Å². The van der Waals surface area contributed by atoms with Crippen molar-refractivity contribution in [2.24, 2.45) is 5.92 Å². The minimum atomic E-state index is -1.10. The van der Waals surface area contributed by atoms with Crippen molar-refractivity contribution in [3.05, 3.63) is 30.1 Å². The summed E-state index contributed by atoms with van der Waals surface area (Å²) >= 11 is 0. The van der Waals surface area contributed by atoms with Gasteiger partial charge in [-0.2, -0.15) is 5.26 Å². The van der Waals surface area contributed by atoms with E-state index in [0.29, 0.717) is 5.69 Å². The molecular formula is C9H8N2O2. The number of aliphatic carboxylic acids is 1. The van der Waals surface area contributed by atoms with Gasteiger partial charge in [0.15, 0.2) is 0 Å². The van der Waals surface area contributed by atoms with Crippen LogP contribution in [0.2, 0.25) is 0 Å². The third-order valence-electron chi connectivity index (χ3n) is 1.59. The highest BCUT2D eigenvalue weighted by Gasteiger charge is 2.16. The largest absolute Gasteiger partial charge is 0.480 e. The Morgan fingerprint density at radius 2 is 2.46 bits per heavy atom. The van der Waals surface area contributed by atoms with E-state index in [2.05, 4.69) is 4.98 Å². The van der Waals surface area contributed by atoms with Gasteiger partial charge in [0.2, 0.25) is 0 Å². The van der Waals surface area contributed by atoms with Crippen molar-refractivity contribution >= 4 is 5.97 Å². The maximum absolute atomic E-state index is 10.5. The van der Waals surface area contributed by atoms with Crippen molar-refractivity contribution in [2.75, 3.05) is 0 Å². The van der Waals surface area contributed by atoms with Crippen LogP contribution in [0.4, 0.5) is 0 Å². The van der Waals surface area contributed by atoms with Crippen LogP contribution >= 0.6 is 0 Å². The number of carboxylic acids is 1. The first-order valence-electron chi connectivity index (χ1n) is 3.76. The minimum Gasteiger partial charge on any atom is -0.480 e. The van der Waals surface area contributed by atoms with Crippen LogP contribution in [0, 0.1) is 17.2 Å². The molecule has 1 unspecified atom stereocenters. The molecule has 0 saturated carbocycles. The Kier molecular flexibility index (Phi) is 2.98. The number of pyridine rings is 1. The van der Waals surface area contributed by atoms with Crippen molar-refractivity contribution in [1.82, 2.24) is 4.98 Å². The summed E-state index contributed by atoms with van der Waals surface area (Å²) in [7, 11) is 0. The van der Waals surface area contributed by atoms with Crippen LogP contribution in [0.3, 0.4) is 0 Å². The summed E-state index contributed by atoms with van der Waals surface area (Å²) in [5, 5.41) is 17.1. The Balaban J connectivity index is 2.69. The first-order valence-corrected chi connectivity index (χ1v) is 3.76. The third kappa shape index (κ3) is 2.56. The van der Waals surface area contributed by atoms with Crippen molar-refractivity contribution in [2.45, 2.75) is 6.42 Å². The molecule has 1 aromatic rings. The maximum Gasteiger partial charge on any atom is 0.321 e. The molecule has 4 nitrogen and oxygen atoms in total. The van der Waals surface area contributed by atoms with Crippen LogP contribution < -0.4 is 0 Å². The molecule has 4 heteroatoms. The predicted octanol–water partition coefficient (Wildman–Crippen LogP) is 0.848. The molecule has 0 fully saturated rings. The summed E-state index contributed by atoms with van der Waals surface area (Å²) in [6, 6.07) is 6.92. The summed E-state index contributed by atoms with van der Waals surface area (Å²) in [5.74, 6) is -2.11. The lowest BCUT2D eigenvalue weighted by atomic mass is 10.1. The molecule has 0 bridgehead atoms. The van der Waals surface area contributed by atoms with E-state index in [9.17, 15) is 4.79 Å². The number of aromatic nitrogens is 1. The zero-order valence-electron chi connectivity index (χ0n) is 6.84. The normalized spacial score (nSPS) is 11.6. The number of carbonyl (C=O) groups is 1. The third-order valence-corrected chi connectivity index (χ3v) is 1.59. The zero-order valence-corrected chi connectivity index (χ0v) is 6.84. The van der Waals surface area contributed by atoms with Gasteiger partial charge in [0.05, 0.1) is 6.07 Å². The van der Waals surface area contributed by atoms with Crippen LogP contribution in [0.1, 0.15) is 5.69 Å². The molecule has 0 amide bonds. The molecule has 0 saturated heterocycles. The number of nitriles is 1. The number of hydrogen-bond acceptors (Lipinski definition) is 3. The molecule has 1 rings (SSSR count). The van der Waals surface area contributed by atoms with Gasteiger partial charge in [-0.3, -0.25) is 9.78 Å². The van der Waals surface area contributed by atoms with E-state index >= 15 is 0 Å². The number of hydrogen-bond donors (Lipinski definition) is 1. The van der Waals surface area contributed by atoms with E-state index in [0.717, 1.165) is 0 Å². The van der Waals surface area contributed by atoms with Gasteiger partial charge in [-0.15, -0.1) is 0 Å². The molecule has 66 valence electrons. The first-order chi connectivity index (χ1) is 6.24. The van der Waals surface area contributed by atoms with Crippen LogP contribution in [0.5, 0.6) is 0 Å². The minimum absolute atomic E-state index is 0.159. The predicted molar refractivity (Wildman–Crippen MR) is 44.7 cm³/mol. The molecule has 1 aromatic heterocycles. The Labute approximate surface area is 75.5 Å². The van der Waals surface area contributed by atoms with Crippen molar-refractivity contribution < 1.29 is 9.90 Å². The fraction of sp³-hybridized carbons (Fsp3) is 0.222. The van der Waals surface area contributed by atoms with E-state index < -0.39 is 11.9 Å². The van der Waals surface area contributed by atoms with Crippen LogP contribution in [-0.4, -0.2) is 16.1 Å². The molecule has 13 heavy (non-hydrogen) atoms. The van der Waals surface area contributed by atoms with Gasteiger partial charge in [-0.05, 0) is 12.1 Å². The lowest BCUT2D eigenvalue weighted by Gasteiger charge is -2.01. The quantitative estimate of drug-likeness (QED) is 0.740. The van der Waals surface area contributed by atoms with Crippen molar-refractivity contribution in [3.63, 3.8) is 0 Å². The van der Waals surface area contributed by atoms with E-state index in [1.54, 1.807) is 30.5 Å². The molecule has 0 aliphatic carbocycles. The summed E-state index contributed by atoms with van der Waals surface area (Å²) in [6.45, 7) is 0. The molecule has 0 aromatic carbocycles. The molecule has 0 aliphatic heterocycles. The van der Waals surface area contributed by atoms with Crippen LogP contribution in [0.25, 0.3) is 0 Å². The molecule has 1 atom stereocenters. The monoisotopic (exact) mass is 176 g/mol. The van der Waals surface area contributed by atoms with Crippen LogP contribution in [-0.2, 0) is 11.2 Å². The van der Waals surface area contributed by atoms with Gasteiger partial charge in [0.1, 0.15) is 5.92 Å². The van der Waals surface area contributed by atoms with Gasteiger partial charge in [0.25, 0.3) is 0 Å². The van der Waals surface area contributed by atoms with Gasteiger partial charge in [-0.25, -0.2) is 0 Å². The average molecular weight is 176 g/mol. The average Bonchev–Trinajstić information content (AvgIpc) is 2.15. The van der Waals surface area contributed by atoms with E-state index in [-0.39, 0.29) is 6.42 Å². The number of rotatable bonds is 3. The fourth-order valence-electron chi connectivity index (χ4n) is 0.916. The molecule has 0 spiro atoms. The SMILES string of the molecule is N#CC(Cc1ccccn1)C(=O)O. The highest BCUT2D eigenvalue weighted by atomic mass is 16.4. The van der Waals surface area contributed by atoms with E-state index in [4.69, 9.17) is 10.4 Å². The van der Waals surface area contributed by atoms with E-state index in [1.807, 2.05) is 0 Å². The number of nitrogens with zero attached hydrogens (tertiary/aromatic N) is 2. The van der Waals surface area contributed by atoms with Gasteiger partial charge < -0.3 is 5.11 Å². The summed E-state index contributed by atoms with van der Waals surface area (Å²) in [6.07, 6.45) is 1.73. The standard InChI is InChI=1S/C9H8N2O2/c10-6-7(9(12)13)5-8-3-1-2-4-11-8/h1-4,7H,5H2,(H,12,13). The highest BCUT2D eigenvalue weighted by Crippen LogP contribution is 2.04. The fourth-order valence-corrected chi connectivity index (χ4v) is 0.916. The molecular weight excluding hydrogens is 168 g/mol. The van der Waals surface area contributed by atoms with Crippen molar-refractivity contribution in [1.29, 1.82) is 5.26 Å². The smallest absolute Gasteiger partial charge is 0.321 e. The summed E-state index contributed by atoms with van der Waals surface area (Å²) in [5.41, 5.74) is 0.622. The van der Waals surface area contributed by atoms with Crippen molar-refractivity contribution in [3.8, 4) is 6.07 Å². The first kappa shape index (κ1) is 9.20. The molecule has 1 N–H and O–H groups in total. The lowest BCUT2D eigenvalue weighted by Crippen LogP contribution is -2.14. The summed E-state index contributed by atoms with van der Waals surface area (Å²) < 4.78 is 0. The Hall–Kier alpha value is -1.89.